The third-order valence-electron chi connectivity index (χ3n) is 2.26. The first-order valence-electron chi connectivity index (χ1n) is 5.79. The van der Waals surface area contributed by atoms with Crippen LogP contribution in [0.2, 0.25) is 0 Å². The standard InChI is InChI=1S/C14H14FNO2S/c1-14(2,3)18-13(17)10-5-4-9(15)8-11(10)12-16-6-7-19-12/h4-8H,1-3H3. The summed E-state index contributed by atoms with van der Waals surface area (Å²) < 4.78 is 18.7. The molecule has 0 unspecified atom stereocenters. The van der Waals surface area contributed by atoms with Gasteiger partial charge in [-0.3, -0.25) is 0 Å². The lowest BCUT2D eigenvalue weighted by Crippen LogP contribution is -2.24. The minimum absolute atomic E-state index is 0.325. The van der Waals surface area contributed by atoms with Crippen molar-refractivity contribution in [1.82, 2.24) is 4.98 Å². The van der Waals surface area contributed by atoms with E-state index in [1.165, 1.54) is 29.5 Å². The van der Waals surface area contributed by atoms with Gasteiger partial charge in [0.2, 0.25) is 0 Å². The smallest absolute Gasteiger partial charge is 0.339 e. The molecule has 0 aliphatic rings. The summed E-state index contributed by atoms with van der Waals surface area (Å²) >= 11 is 1.35. The van der Waals surface area contributed by atoms with Gasteiger partial charge in [0.15, 0.2) is 0 Å². The predicted octanol–water partition coefficient (Wildman–Crippen LogP) is 3.90. The van der Waals surface area contributed by atoms with Crippen molar-refractivity contribution in [1.29, 1.82) is 0 Å². The largest absolute Gasteiger partial charge is 0.456 e. The van der Waals surface area contributed by atoms with Gasteiger partial charge >= 0.3 is 5.97 Å². The van der Waals surface area contributed by atoms with E-state index in [2.05, 4.69) is 4.98 Å². The normalized spacial score (nSPS) is 11.4. The highest BCUT2D eigenvalue weighted by atomic mass is 32.1. The Hall–Kier alpha value is -1.75. The minimum atomic E-state index is -0.592. The summed E-state index contributed by atoms with van der Waals surface area (Å²) in [4.78, 5) is 16.2. The van der Waals surface area contributed by atoms with E-state index in [4.69, 9.17) is 4.74 Å². The van der Waals surface area contributed by atoms with Crippen molar-refractivity contribution in [3.63, 3.8) is 0 Å². The van der Waals surface area contributed by atoms with Gasteiger partial charge in [-0.1, -0.05) is 0 Å². The molecular weight excluding hydrogens is 265 g/mol. The van der Waals surface area contributed by atoms with Crippen molar-refractivity contribution in [2.45, 2.75) is 26.4 Å². The van der Waals surface area contributed by atoms with Crippen LogP contribution in [0.25, 0.3) is 10.6 Å². The summed E-state index contributed by atoms with van der Waals surface area (Å²) in [5, 5.41) is 2.37. The van der Waals surface area contributed by atoms with Crippen molar-refractivity contribution in [3.8, 4) is 10.6 Å². The Morgan fingerprint density at radius 1 is 1.37 bits per heavy atom. The topological polar surface area (TPSA) is 39.2 Å². The van der Waals surface area contributed by atoms with Gasteiger partial charge < -0.3 is 4.74 Å². The zero-order valence-corrected chi connectivity index (χ0v) is 11.8. The highest BCUT2D eigenvalue weighted by Gasteiger charge is 2.22. The second-order valence-electron chi connectivity index (χ2n) is 5.03. The average Bonchev–Trinajstić information content (AvgIpc) is 2.79. The lowest BCUT2D eigenvalue weighted by atomic mass is 10.1. The number of esters is 1. The Balaban J connectivity index is 2.43. The molecule has 0 aliphatic heterocycles. The quantitative estimate of drug-likeness (QED) is 0.782. The lowest BCUT2D eigenvalue weighted by molar-refractivity contribution is 0.00704. The number of carbonyl (C=O) groups excluding carboxylic acids is 1. The van der Waals surface area contributed by atoms with Crippen LogP contribution in [0.15, 0.2) is 29.8 Å². The molecule has 2 aromatic rings. The lowest BCUT2D eigenvalue weighted by Gasteiger charge is -2.20. The first-order chi connectivity index (χ1) is 8.87. The van der Waals surface area contributed by atoms with Gasteiger partial charge in [-0.2, -0.15) is 0 Å². The van der Waals surface area contributed by atoms with Crippen molar-refractivity contribution in [3.05, 3.63) is 41.2 Å². The molecule has 5 heteroatoms. The van der Waals surface area contributed by atoms with Gasteiger partial charge in [0.05, 0.1) is 5.56 Å². The number of aromatic nitrogens is 1. The SMILES string of the molecule is CC(C)(C)OC(=O)c1ccc(F)cc1-c1nccs1. The molecule has 0 aliphatic carbocycles. The van der Waals surface area contributed by atoms with E-state index in [1.54, 1.807) is 32.3 Å². The van der Waals surface area contributed by atoms with E-state index < -0.39 is 17.4 Å². The van der Waals surface area contributed by atoms with E-state index in [1.807, 2.05) is 0 Å². The monoisotopic (exact) mass is 279 g/mol. The molecule has 0 fully saturated rings. The molecule has 2 rings (SSSR count). The van der Waals surface area contributed by atoms with Gasteiger partial charge in [-0.05, 0) is 39.0 Å². The van der Waals surface area contributed by atoms with E-state index >= 15 is 0 Å². The molecule has 1 heterocycles. The van der Waals surface area contributed by atoms with E-state index in [-0.39, 0.29) is 0 Å². The number of hydrogen-bond acceptors (Lipinski definition) is 4. The van der Waals surface area contributed by atoms with Crippen molar-refractivity contribution < 1.29 is 13.9 Å². The van der Waals surface area contributed by atoms with Gasteiger partial charge in [0.25, 0.3) is 0 Å². The molecule has 19 heavy (non-hydrogen) atoms. The van der Waals surface area contributed by atoms with Crippen molar-refractivity contribution >= 4 is 17.3 Å². The summed E-state index contributed by atoms with van der Waals surface area (Å²) in [6, 6.07) is 3.98. The highest BCUT2D eigenvalue weighted by Crippen LogP contribution is 2.28. The molecule has 1 aromatic carbocycles. The van der Waals surface area contributed by atoms with Crippen LogP contribution in [-0.2, 0) is 4.74 Å². The maximum absolute atomic E-state index is 13.4. The third kappa shape index (κ3) is 3.38. The fraction of sp³-hybridized carbons (Fsp3) is 0.286. The molecule has 0 saturated heterocycles. The summed E-state index contributed by atoms with van der Waals surface area (Å²) in [6.07, 6.45) is 1.61. The van der Waals surface area contributed by atoms with Gasteiger partial charge in [0.1, 0.15) is 16.4 Å². The Labute approximate surface area is 115 Å². The fourth-order valence-electron chi connectivity index (χ4n) is 1.56. The Bertz CT molecular complexity index is 588. The summed E-state index contributed by atoms with van der Waals surface area (Å²) in [7, 11) is 0. The second kappa shape index (κ2) is 5.09. The summed E-state index contributed by atoms with van der Waals surface area (Å²) in [5.41, 5.74) is 0.196. The molecule has 100 valence electrons. The molecule has 1 aromatic heterocycles. The second-order valence-corrected chi connectivity index (χ2v) is 5.92. The maximum Gasteiger partial charge on any atom is 0.339 e. The molecule has 0 bridgehead atoms. The van der Waals surface area contributed by atoms with Crippen LogP contribution in [0.1, 0.15) is 31.1 Å². The van der Waals surface area contributed by atoms with Gasteiger partial charge in [-0.15, -0.1) is 11.3 Å². The molecule has 0 amide bonds. The summed E-state index contributed by atoms with van der Waals surface area (Å²) in [6.45, 7) is 5.37. The van der Waals surface area contributed by atoms with Crippen molar-refractivity contribution in [2.75, 3.05) is 0 Å². The van der Waals surface area contributed by atoms with Crippen LogP contribution in [0.5, 0.6) is 0 Å². The number of thiazole rings is 1. The van der Waals surface area contributed by atoms with Crippen LogP contribution in [-0.4, -0.2) is 16.6 Å². The highest BCUT2D eigenvalue weighted by molar-refractivity contribution is 7.13. The van der Waals surface area contributed by atoms with Gasteiger partial charge in [0, 0.05) is 17.1 Å². The van der Waals surface area contributed by atoms with Crippen LogP contribution in [0, 0.1) is 5.82 Å². The number of rotatable bonds is 2. The van der Waals surface area contributed by atoms with Crippen LogP contribution in [0.3, 0.4) is 0 Å². The maximum atomic E-state index is 13.4. The molecular formula is C14H14FNO2S. The summed E-state index contributed by atoms with van der Waals surface area (Å²) in [5.74, 6) is -0.879. The molecule has 0 saturated carbocycles. The molecule has 0 N–H and O–H groups in total. The zero-order chi connectivity index (χ0) is 14.0. The number of ether oxygens (including phenoxy) is 1. The molecule has 3 nitrogen and oxygen atoms in total. The number of carbonyl (C=O) groups is 1. The van der Waals surface area contributed by atoms with E-state index in [0.717, 1.165) is 0 Å². The van der Waals surface area contributed by atoms with Crippen LogP contribution < -0.4 is 0 Å². The third-order valence-corrected chi connectivity index (χ3v) is 3.07. The fourth-order valence-corrected chi connectivity index (χ4v) is 2.23. The molecule has 0 radical (unpaired) electrons. The van der Waals surface area contributed by atoms with E-state index in [0.29, 0.717) is 16.1 Å². The average molecular weight is 279 g/mol. The Kier molecular flexibility index (Phi) is 3.66. The first-order valence-corrected chi connectivity index (χ1v) is 6.67. The number of hydrogen-bond donors (Lipinski definition) is 0. The Morgan fingerprint density at radius 2 is 2.11 bits per heavy atom. The van der Waals surface area contributed by atoms with Crippen LogP contribution in [0.4, 0.5) is 4.39 Å². The van der Waals surface area contributed by atoms with Crippen molar-refractivity contribution in [2.24, 2.45) is 0 Å². The van der Waals surface area contributed by atoms with Crippen LogP contribution >= 0.6 is 11.3 Å². The van der Waals surface area contributed by atoms with Gasteiger partial charge in [-0.25, -0.2) is 14.2 Å². The number of halogens is 1. The minimum Gasteiger partial charge on any atom is -0.456 e. The molecule has 0 spiro atoms. The first kappa shape index (κ1) is 13.7. The van der Waals surface area contributed by atoms with E-state index in [9.17, 15) is 9.18 Å². The zero-order valence-electron chi connectivity index (χ0n) is 10.9. The number of nitrogens with zero attached hydrogens (tertiary/aromatic N) is 1. The molecule has 0 atom stereocenters. The Morgan fingerprint density at radius 3 is 2.68 bits per heavy atom. The number of benzene rings is 1. The predicted molar refractivity (Wildman–Crippen MR) is 72.7 cm³/mol.